The van der Waals surface area contributed by atoms with Gasteiger partial charge in [0.05, 0.1) is 6.54 Å². The summed E-state index contributed by atoms with van der Waals surface area (Å²) in [5, 5.41) is 2.83. The van der Waals surface area contributed by atoms with Crippen molar-refractivity contribution in [1.29, 1.82) is 0 Å². The lowest BCUT2D eigenvalue weighted by Gasteiger charge is -2.33. The molecule has 0 saturated carbocycles. The number of piperazine rings is 1. The summed E-state index contributed by atoms with van der Waals surface area (Å²) in [6.07, 6.45) is 0. The van der Waals surface area contributed by atoms with E-state index in [4.69, 9.17) is 0 Å². The van der Waals surface area contributed by atoms with E-state index in [1.807, 2.05) is 36.9 Å². The van der Waals surface area contributed by atoms with Crippen LogP contribution in [0.1, 0.15) is 11.1 Å². The van der Waals surface area contributed by atoms with E-state index in [1.54, 1.807) is 0 Å². The third-order valence-corrected chi connectivity index (χ3v) is 6.91. The molecule has 0 aromatic heterocycles. The molecule has 1 heterocycles. The van der Waals surface area contributed by atoms with Gasteiger partial charge in [0.15, 0.2) is 0 Å². The van der Waals surface area contributed by atoms with Crippen LogP contribution in [0.3, 0.4) is 0 Å². The summed E-state index contributed by atoms with van der Waals surface area (Å²) in [6, 6.07) is 8.02. The molecule has 156 valence electrons. The first-order valence-electron chi connectivity index (χ1n) is 9.21. The van der Waals surface area contributed by atoms with E-state index < -0.39 is 26.6 Å². The fourth-order valence-electron chi connectivity index (χ4n) is 3.16. The van der Waals surface area contributed by atoms with Crippen molar-refractivity contribution >= 4 is 21.6 Å². The maximum atomic E-state index is 13.9. The number of aryl methyl sites for hydroxylation is 2. The number of nitrogens with zero attached hydrogens (tertiary/aromatic N) is 2. The molecule has 1 aliphatic heterocycles. The minimum Gasteiger partial charge on any atom is -0.325 e. The number of hydrogen-bond acceptors (Lipinski definition) is 4. The van der Waals surface area contributed by atoms with Gasteiger partial charge in [-0.2, -0.15) is 4.31 Å². The van der Waals surface area contributed by atoms with Crippen molar-refractivity contribution in [3.63, 3.8) is 0 Å². The lowest BCUT2D eigenvalue weighted by molar-refractivity contribution is -0.117. The van der Waals surface area contributed by atoms with Crippen LogP contribution in [0.2, 0.25) is 0 Å². The van der Waals surface area contributed by atoms with Gasteiger partial charge in [0.25, 0.3) is 0 Å². The van der Waals surface area contributed by atoms with E-state index in [1.165, 1.54) is 0 Å². The van der Waals surface area contributed by atoms with Gasteiger partial charge in [-0.3, -0.25) is 9.69 Å². The molecule has 0 spiro atoms. The predicted molar refractivity (Wildman–Crippen MR) is 106 cm³/mol. The van der Waals surface area contributed by atoms with Crippen LogP contribution < -0.4 is 5.32 Å². The Bertz CT molecular complexity index is 1020. The molecule has 1 amide bonds. The summed E-state index contributed by atoms with van der Waals surface area (Å²) in [7, 11) is -4.13. The highest BCUT2D eigenvalue weighted by molar-refractivity contribution is 7.89. The van der Waals surface area contributed by atoms with Gasteiger partial charge in [0, 0.05) is 31.9 Å². The van der Waals surface area contributed by atoms with E-state index in [0.717, 1.165) is 27.6 Å². The number of anilines is 1. The van der Waals surface area contributed by atoms with Crippen LogP contribution in [-0.4, -0.2) is 56.3 Å². The Hall–Kier alpha value is -2.36. The normalized spacial score (nSPS) is 16.0. The molecule has 1 fully saturated rings. The number of hydrogen-bond donors (Lipinski definition) is 1. The molecule has 6 nitrogen and oxygen atoms in total. The van der Waals surface area contributed by atoms with Crippen LogP contribution in [0.25, 0.3) is 0 Å². The predicted octanol–water partition coefficient (Wildman–Crippen LogP) is 2.53. The van der Waals surface area contributed by atoms with Crippen molar-refractivity contribution in [2.24, 2.45) is 0 Å². The molecule has 1 saturated heterocycles. The summed E-state index contributed by atoms with van der Waals surface area (Å²) in [5.41, 5.74) is 2.92. The maximum absolute atomic E-state index is 13.9. The molecule has 3 rings (SSSR count). The average Bonchev–Trinajstić information content (AvgIpc) is 2.67. The number of carbonyl (C=O) groups is 1. The van der Waals surface area contributed by atoms with Crippen LogP contribution in [0.4, 0.5) is 14.5 Å². The van der Waals surface area contributed by atoms with Gasteiger partial charge in [-0.25, -0.2) is 17.2 Å². The first-order chi connectivity index (χ1) is 13.7. The SMILES string of the molecule is Cc1ccc(NC(=O)CN2CCN(S(=O)(=O)c3cc(F)ccc3F)CC2)cc1C. The molecule has 2 aromatic carbocycles. The van der Waals surface area contributed by atoms with Crippen molar-refractivity contribution in [2.45, 2.75) is 18.7 Å². The molecular formula is C20H23F2N3O3S. The highest BCUT2D eigenvalue weighted by Crippen LogP contribution is 2.22. The van der Waals surface area contributed by atoms with E-state index in [9.17, 15) is 22.0 Å². The maximum Gasteiger partial charge on any atom is 0.246 e. The Morgan fingerprint density at radius 3 is 2.34 bits per heavy atom. The van der Waals surface area contributed by atoms with Gasteiger partial charge in [-0.05, 0) is 55.3 Å². The lowest BCUT2D eigenvalue weighted by Crippen LogP contribution is -2.50. The summed E-state index contributed by atoms with van der Waals surface area (Å²) in [6.45, 7) is 4.89. The lowest BCUT2D eigenvalue weighted by atomic mass is 10.1. The van der Waals surface area contributed by atoms with Gasteiger partial charge < -0.3 is 5.32 Å². The molecule has 1 N–H and O–H groups in total. The molecule has 0 bridgehead atoms. The third-order valence-electron chi connectivity index (χ3n) is 5.00. The van der Waals surface area contributed by atoms with E-state index >= 15 is 0 Å². The topological polar surface area (TPSA) is 69.7 Å². The minimum absolute atomic E-state index is 0.0925. The van der Waals surface area contributed by atoms with Crippen molar-refractivity contribution < 1.29 is 22.0 Å². The zero-order valence-electron chi connectivity index (χ0n) is 16.3. The molecule has 9 heteroatoms. The van der Waals surface area contributed by atoms with Gasteiger partial charge in [0.1, 0.15) is 16.5 Å². The van der Waals surface area contributed by atoms with Crippen molar-refractivity contribution in [3.8, 4) is 0 Å². The molecular weight excluding hydrogens is 400 g/mol. The van der Waals surface area contributed by atoms with Crippen molar-refractivity contribution in [3.05, 3.63) is 59.2 Å². The number of sulfonamides is 1. The Morgan fingerprint density at radius 1 is 1.00 bits per heavy atom. The summed E-state index contributed by atoms with van der Waals surface area (Å²) >= 11 is 0. The zero-order valence-corrected chi connectivity index (χ0v) is 17.1. The van der Waals surface area contributed by atoms with Gasteiger partial charge in [-0.15, -0.1) is 0 Å². The van der Waals surface area contributed by atoms with E-state index in [-0.39, 0.29) is 25.5 Å². The van der Waals surface area contributed by atoms with Crippen LogP contribution in [0.5, 0.6) is 0 Å². The molecule has 0 unspecified atom stereocenters. The smallest absolute Gasteiger partial charge is 0.246 e. The first kappa shape index (κ1) is 21.4. The fraction of sp³-hybridized carbons (Fsp3) is 0.350. The monoisotopic (exact) mass is 423 g/mol. The Kier molecular flexibility index (Phi) is 6.30. The average molecular weight is 423 g/mol. The molecule has 0 radical (unpaired) electrons. The van der Waals surface area contributed by atoms with Crippen LogP contribution in [-0.2, 0) is 14.8 Å². The second-order valence-corrected chi connectivity index (χ2v) is 9.01. The molecule has 1 aliphatic rings. The fourth-order valence-corrected chi connectivity index (χ4v) is 4.66. The second-order valence-electron chi connectivity index (χ2n) is 7.10. The number of benzene rings is 2. The number of carbonyl (C=O) groups excluding carboxylic acids is 1. The Balaban J connectivity index is 1.58. The minimum atomic E-state index is -4.13. The van der Waals surface area contributed by atoms with Crippen LogP contribution in [0.15, 0.2) is 41.3 Å². The summed E-state index contributed by atoms with van der Waals surface area (Å²) in [5.74, 6) is -1.99. The van der Waals surface area contributed by atoms with E-state index in [2.05, 4.69) is 5.32 Å². The largest absolute Gasteiger partial charge is 0.325 e. The summed E-state index contributed by atoms with van der Waals surface area (Å²) < 4.78 is 53.6. The highest BCUT2D eigenvalue weighted by atomic mass is 32.2. The number of amides is 1. The summed E-state index contributed by atoms with van der Waals surface area (Å²) in [4.78, 5) is 13.4. The van der Waals surface area contributed by atoms with Gasteiger partial charge in [-0.1, -0.05) is 6.07 Å². The van der Waals surface area contributed by atoms with Gasteiger partial charge >= 0.3 is 0 Å². The quantitative estimate of drug-likeness (QED) is 0.803. The highest BCUT2D eigenvalue weighted by Gasteiger charge is 2.31. The van der Waals surface area contributed by atoms with Crippen molar-refractivity contribution in [1.82, 2.24) is 9.21 Å². The van der Waals surface area contributed by atoms with Crippen LogP contribution >= 0.6 is 0 Å². The van der Waals surface area contributed by atoms with Gasteiger partial charge in [0.2, 0.25) is 15.9 Å². The third kappa shape index (κ3) is 4.98. The van der Waals surface area contributed by atoms with E-state index in [0.29, 0.717) is 24.8 Å². The van der Waals surface area contributed by atoms with Crippen LogP contribution in [0, 0.1) is 25.5 Å². The zero-order chi connectivity index (χ0) is 21.2. The molecule has 2 aromatic rings. The molecule has 0 atom stereocenters. The first-order valence-corrected chi connectivity index (χ1v) is 10.7. The Labute approximate surface area is 169 Å². The van der Waals surface area contributed by atoms with Crippen molar-refractivity contribution in [2.75, 3.05) is 38.0 Å². The second kappa shape index (κ2) is 8.56. The number of halogens is 2. The standard InChI is InChI=1S/C20H23F2N3O3S/c1-14-3-5-17(11-15(14)2)23-20(26)13-24-7-9-25(10-8-24)29(27,28)19-12-16(21)4-6-18(19)22/h3-6,11-12H,7-10,13H2,1-2H3,(H,23,26). The molecule has 29 heavy (non-hydrogen) atoms. The number of rotatable bonds is 5. The Morgan fingerprint density at radius 2 is 1.69 bits per heavy atom. The molecule has 0 aliphatic carbocycles. The number of nitrogens with one attached hydrogen (secondary N) is 1.